The lowest BCUT2D eigenvalue weighted by molar-refractivity contribution is -0.118. The van der Waals surface area contributed by atoms with Crippen molar-refractivity contribution < 1.29 is 4.79 Å². The van der Waals surface area contributed by atoms with E-state index in [0.717, 1.165) is 32.3 Å². The summed E-state index contributed by atoms with van der Waals surface area (Å²) in [5.74, 6) is 0.0408. The monoisotopic (exact) mass is 451 g/mol. The number of anilines is 1. The highest BCUT2D eigenvalue weighted by molar-refractivity contribution is 7.12. The van der Waals surface area contributed by atoms with Crippen LogP contribution in [0.4, 0.5) is 5.69 Å². The molecule has 1 atom stereocenters. The Morgan fingerprint density at radius 1 is 1.26 bits per heavy atom. The predicted molar refractivity (Wildman–Crippen MR) is 127 cm³/mol. The predicted octanol–water partition coefficient (Wildman–Crippen LogP) is 6.27. The van der Waals surface area contributed by atoms with Crippen LogP contribution in [0, 0.1) is 37.5 Å². The number of nitrogens with two attached hydrogens (primary N) is 1. The summed E-state index contributed by atoms with van der Waals surface area (Å²) >= 11 is 8.11. The summed E-state index contributed by atoms with van der Waals surface area (Å²) < 4.78 is 0. The Morgan fingerprint density at radius 3 is 2.58 bits per heavy atom. The number of Topliss-reactive ketones (excluding diaryl/α,β-unsaturated/α-hetero) is 1. The highest BCUT2D eigenvalue weighted by atomic mass is 35.5. The first-order chi connectivity index (χ1) is 14.6. The van der Waals surface area contributed by atoms with Gasteiger partial charge in [-0.3, -0.25) is 9.69 Å². The van der Waals surface area contributed by atoms with Gasteiger partial charge in [-0.05, 0) is 61.9 Å². The molecule has 1 aromatic heterocycles. The minimum atomic E-state index is -0.427. The highest BCUT2D eigenvalue weighted by Crippen LogP contribution is 2.51. The van der Waals surface area contributed by atoms with Gasteiger partial charge in [-0.25, -0.2) is 0 Å². The van der Waals surface area contributed by atoms with Gasteiger partial charge in [0.05, 0.1) is 23.2 Å². The second-order valence-corrected chi connectivity index (χ2v) is 11.1. The van der Waals surface area contributed by atoms with Gasteiger partial charge in [0.2, 0.25) is 0 Å². The van der Waals surface area contributed by atoms with Crippen LogP contribution in [-0.2, 0) is 4.79 Å². The standard InChI is InChI=1S/C25H26ClN3OS/c1-13-9-16(15(3)31-13)22-17(12-27)24(28)29(19-8-6-7-18(26)14(19)2)20-10-25(4,5)11-21(30)23(20)22/h6-9,22H,10-11,28H2,1-5H3/t22-/m0/s1. The fourth-order valence-corrected chi connectivity index (χ4v) is 6.00. The Labute approximate surface area is 192 Å². The number of nitriles is 1. The average molecular weight is 452 g/mol. The van der Waals surface area contributed by atoms with Crippen LogP contribution >= 0.6 is 22.9 Å². The second-order valence-electron chi connectivity index (χ2n) is 9.23. The molecule has 1 aliphatic carbocycles. The van der Waals surface area contributed by atoms with Gasteiger partial charge in [-0.1, -0.05) is 31.5 Å². The Morgan fingerprint density at radius 2 is 1.97 bits per heavy atom. The largest absolute Gasteiger partial charge is 0.384 e. The molecule has 0 saturated carbocycles. The third-order valence-electron chi connectivity index (χ3n) is 6.25. The summed E-state index contributed by atoms with van der Waals surface area (Å²) in [5, 5.41) is 10.8. The number of hydrogen-bond acceptors (Lipinski definition) is 5. The lowest BCUT2D eigenvalue weighted by Gasteiger charge is -2.44. The number of carbonyl (C=O) groups is 1. The van der Waals surface area contributed by atoms with E-state index in [1.54, 1.807) is 11.3 Å². The molecule has 31 heavy (non-hydrogen) atoms. The lowest BCUT2D eigenvalue weighted by Crippen LogP contribution is -2.42. The van der Waals surface area contributed by atoms with Crippen LogP contribution in [-0.4, -0.2) is 5.78 Å². The fraction of sp³-hybridized carbons (Fsp3) is 0.360. The third-order valence-corrected chi connectivity index (χ3v) is 7.64. The number of rotatable bonds is 2. The molecule has 2 aliphatic rings. The van der Waals surface area contributed by atoms with Crippen molar-refractivity contribution in [1.29, 1.82) is 5.26 Å². The summed E-state index contributed by atoms with van der Waals surface area (Å²) in [5.41, 5.74) is 11.2. The van der Waals surface area contributed by atoms with Crippen LogP contribution in [0.3, 0.4) is 0 Å². The molecular weight excluding hydrogens is 426 g/mol. The van der Waals surface area contributed by atoms with Crippen LogP contribution < -0.4 is 10.6 Å². The number of aryl methyl sites for hydroxylation is 2. The van der Waals surface area contributed by atoms with Crippen molar-refractivity contribution in [2.45, 2.75) is 53.4 Å². The van der Waals surface area contributed by atoms with E-state index in [-0.39, 0.29) is 11.2 Å². The molecule has 1 aromatic carbocycles. The molecule has 0 amide bonds. The Hall–Kier alpha value is -2.55. The van der Waals surface area contributed by atoms with Crippen molar-refractivity contribution in [3.8, 4) is 6.07 Å². The number of allylic oxidation sites excluding steroid dienone is 3. The van der Waals surface area contributed by atoms with E-state index >= 15 is 0 Å². The third kappa shape index (κ3) is 3.48. The first-order valence-electron chi connectivity index (χ1n) is 10.3. The van der Waals surface area contributed by atoms with Gasteiger partial charge in [0.15, 0.2) is 5.78 Å². The van der Waals surface area contributed by atoms with Gasteiger partial charge in [0.25, 0.3) is 0 Å². The summed E-state index contributed by atoms with van der Waals surface area (Å²) in [6, 6.07) is 10.1. The Balaban J connectivity index is 2.06. The zero-order valence-electron chi connectivity index (χ0n) is 18.5. The van der Waals surface area contributed by atoms with Crippen molar-refractivity contribution >= 4 is 34.4 Å². The SMILES string of the molecule is Cc1cc([C@H]2C(C#N)=C(N)N(c3cccc(Cl)c3C)C3=C2C(=O)CC(C)(C)C3)c(C)s1. The average Bonchev–Trinajstić information content (AvgIpc) is 3.00. The molecule has 0 spiro atoms. The van der Waals surface area contributed by atoms with Gasteiger partial charge < -0.3 is 5.73 Å². The molecule has 4 nitrogen and oxygen atoms in total. The number of nitrogens with zero attached hydrogens (tertiary/aromatic N) is 2. The van der Waals surface area contributed by atoms with Crippen LogP contribution in [0.1, 0.15) is 53.5 Å². The van der Waals surface area contributed by atoms with E-state index in [0.29, 0.717) is 34.8 Å². The number of halogens is 1. The lowest BCUT2D eigenvalue weighted by atomic mass is 9.68. The number of ketones is 1. The minimum absolute atomic E-state index is 0.0874. The molecule has 6 heteroatoms. The van der Waals surface area contributed by atoms with Crippen LogP contribution in [0.25, 0.3) is 0 Å². The molecule has 0 radical (unpaired) electrons. The van der Waals surface area contributed by atoms with Crippen LogP contribution in [0.15, 0.2) is 46.9 Å². The summed E-state index contributed by atoms with van der Waals surface area (Å²) in [4.78, 5) is 17.7. The van der Waals surface area contributed by atoms with Crippen molar-refractivity contribution in [3.05, 3.63) is 72.8 Å². The summed E-state index contributed by atoms with van der Waals surface area (Å²) in [7, 11) is 0. The van der Waals surface area contributed by atoms with E-state index in [2.05, 4.69) is 26.0 Å². The molecule has 2 aromatic rings. The molecule has 0 saturated heterocycles. The number of hydrogen-bond donors (Lipinski definition) is 1. The number of benzene rings is 1. The molecular formula is C25H26ClN3OS. The maximum Gasteiger partial charge on any atom is 0.162 e. The first-order valence-corrected chi connectivity index (χ1v) is 11.5. The van der Waals surface area contributed by atoms with Crippen LogP contribution in [0.5, 0.6) is 0 Å². The van der Waals surface area contributed by atoms with Crippen molar-refractivity contribution in [2.24, 2.45) is 11.1 Å². The molecule has 4 rings (SSSR count). The topological polar surface area (TPSA) is 70.1 Å². The molecule has 2 N–H and O–H groups in total. The molecule has 0 bridgehead atoms. The van der Waals surface area contributed by atoms with E-state index in [1.807, 2.05) is 43.9 Å². The molecule has 1 aliphatic heterocycles. The van der Waals surface area contributed by atoms with Gasteiger partial charge >= 0.3 is 0 Å². The van der Waals surface area contributed by atoms with E-state index in [9.17, 15) is 10.1 Å². The van der Waals surface area contributed by atoms with Crippen LogP contribution in [0.2, 0.25) is 5.02 Å². The quantitative estimate of drug-likeness (QED) is 0.584. The fourth-order valence-electron chi connectivity index (χ4n) is 4.87. The van der Waals surface area contributed by atoms with Gasteiger partial charge in [0, 0.05) is 32.5 Å². The van der Waals surface area contributed by atoms with Gasteiger partial charge in [-0.15, -0.1) is 11.3 Å². The van der Waals surface area contributed by atoms with Crippen molar-refractivity contribution in [1.82, 2.24) is 0 Å². The van der Waals surface area contributed by atoms with Gasteiger partial charge in [-0.2, -0.15) is 5.26 Å². The maximum atomic E-state index is 13.6. The zero-order valence-corrected chi connectivity index (χ0v) is 20.0. The first kappa shape index (κ1) is 21.7. The zero-order chi connectivity index (χ0) is 22.7. The molecule has 0 unspecified atom stereocenters. The van der Waals surface area contributed by atoms with E-state index < -0.39 is 5.92 Å². The second kappa shape index (κ2) is 7.55. The normalized spacial score (nSPS) is 20.7. The van der Waals surface area contributed by atoms with Gasteiger partial charge in [0.1, 0.15) is 5.82 Å². The Bertz CT molecular complexity index is 1210. The smallest absolute Gasteiger partial charge is 0.162 e. The Kier molecular flexibility index (Phi) is 5.28. The van der Waals surface area contributed by atoms with E-state index in [4.69, 9.17) is 17.3 Å². The number of carbonyl (C=O) groups excluding carboxylic acids is 1. The minimum Gasteiger partial charge on any atom is -0.384 e. The summed E-state index contributed by atoms with van der Waals surface area (Å²) in [6.45, 7) is 10.2. The molecule has 2 heterocycles. The molecule has 160 valence electrons. The van der Waals surface area contributed by atoms with Crippen molar-refractivity contribution in [2.75, 3.05) is 4.90 Å². The van der Waals surface area contributed by atoms with Crippen molar-refractivity contribution in [3.63, 3.8) is 0 Å². The maximum absolute atomic E-state index is 13.6. The summed E-state index contributed by atoms with van der Waals surface area (Å²) in [6.07, 6.45) is 1.14. The highest BCUT2D eigenvalue weighted by Gasteiger charge is 2.45. The molecule has 0 fully saturated rings. The van der Waals surface area contributed by atoms with E-state index in [1.165, 1.54) is 0 Å². The number of thiophene rings is 1.